The Morgan fingerprint density at radius 1 is 1.15 bits per heavy atom. The molecule has 0 spiro atoms. The fraction of sp³-hybridized carbons (Fsp3) is 0.647. The zero-order chi connectivity index (χ0) is 13.6. The number of ether oxygens (including phenoxy) is 1. The van der Waals surface area contributed by atoms with E-state index in [1.807, 2.05) is 0 Å². The first-order chi connectivity index (χ1) is 9.90. The molecule has 2 fully saturated rings. The molecule has 3 rings (SSSR count). The van der Waals surface area contributed by atoms with Gasteiger partial charge in [0.05, 0.1) is 13.2 Å². The zero-order valence-electron chi connectivity index (χ0n) is 12.3. The van der Waals surface area contributed by atoms with E-state index in [1.54, 1.807) is 0 Å². The second-order valence-electron chi connectivity index (χ2n) is 6.16. The molecule has 0 saturated carbocycles. The summed E-state index contributed by atoms with van der Waals surface area (Å²) in [7, 11) is 0. The molecule has 0 radical (unpaired) electrons. The van der Waals surface area contributed by atoms with Gasteiger partial charge in [0.2, 0.25) is 0 Å². The summed E-state index contributed by atoms with van der Waals surface area (Å²) in [6.07, 6.45) is 3.92. The van der Waals surface area contributed by atoms with E-state index < -0.39 is 0 Å². The lowest BCUT2D eigenvalue weighted by molar-refractivity contribution is 0.0555. The van der Waals surface area contributed by atoms with Gasteiger partial charge in [-0.15, -0.1) is 0 Å². The lowest BCUT2D eigenvalue weighted by Gasteiger charge is -2.35. The monoisotopic (exact) mass is 274 g/mol. The summed E-state index contributed by atoms with van der Waals surface area (Å²) < 4.78 is 5.53. The number of benzene rings is 1. The van der Waals surface area contributed by atoms with Crippen molar-refractivity contribution < 1.29 is 4.74 Å². The van der Waals surface area contributed by atoms with Crippen molar-refractivity contribution in [1.82, 2.24) is 10.2 Å². The molecule has 110 valence electrons. The highest BCUT2D eigenvalue weighted by Gasteiger charge is 2.22. The van der Waals surface area contributed by atoms with Gasteiger partial charge in [-0.1, -0.05) is 30.3 Å². The normalized spacial score (nSPS) is 25.7. The van der Waals surface area contributed by atoms with E-state index in [-0.39, 0.29) is 0 Å². The first-order valence-corrected chi connectivity index (χ1v) is 7.97. The van der Waals surface area contributed by atoms with Gasteiger partial charge in [0.15, 0.2) is 0 Å². The maximum absolute atomic E-state index is 5.53. The molecule has 3 nitrogen and oxygen atoms in total. The van der Waals surface area contributed by atoms with Crippen LogP contribution in [0.1, 0.15) is 18.4 Å². The Balaban J connectivity index is 1.40. The third-order valence-corrected chi connectivity index (χ3v) is 4.55. The number of piperidine rings is 1. The standard InChI is InChI=1S/C17H26N2O/c1-2-4-15(5-3-1)12-16-6-9-19(10-7-16)13-17-14-20-11-8-18-17/h1-5,16-18H,6-14H2. The first kappa shape index (κ1) is 14.1. The van der Waals surface area contributed by atoms with Crippen LogP contribution in [-0.2, 0) is 11.2 Å². The van der Waals surface area contributed by atoms with E-state index in [0.29, 0.717) is 6.04 Å². The quantitative estimate of drug-likeness (QED) is 0.908. The number of hydrogen-bond donors (Lipinski definition) is 1. The van der Waals surface area contributed by atoms with Gasteiger partial charge in [0, 0.05) is 19.1 Å². The van der Waals surface area contributed by atoms with Crippen molar-refractivity contribution in [2.75, 3.05) is 39.4 Å². The highest BCUT2D eigenvalue weighted by Crippen LogP contribution is 2.21. The van der Waals surface area contributed by atoms with Crippen molar-refractivity contribution in [2.45, 2.75) is 25.3 Å². The summed E-state index contributed by atoms with van der Waals surface area (Å²) in [6.45, 7) is 6.40. The van der Waals surface area contributed by atoms with Crippen LogP contribution in [0.15, 0.2) is 30.3 Å². The van der Waals surface area contributed by atoms with Gasteiger partial charge in [0.1, 0.15) is 0 Å². The van der Waals surface area contributed by atoms with Crippen LogP contribution < -0.4 is 5.32 Å². The van der Waals surface area contributed by atoms with Crippen LogP contribution in [0.4, 0.5) is 0 Å². The van der Waals surface area contributed by atoms with E-state index in [0.717, 1.165) is 32.2 Å². The SMILES string of the molecule is c1ccc(CC2CCN(CC3COCCN3)CC2)cc1. The van der Waals surface area contributed by atoms with Crippen LogP contribution in [0.3, 0.4) is 0 Å². The van der Waals surface area contributed by atoms with Crippen molar-refractivity contribution in [3.63, 3.8) is 0 Å². The molecule has 0 aromatic heterocycles. The van der Waals surface area contributed by atoms with Gasteiger partial charge in [0.25, 0.3) is 0 Å². The third-order valence-electron chi connectivity index (χ3n) is 4.55. The second-order valence-corrected chi connectivity index (χ2v) is 6.16. The maximum atomic E-state index is 5.53. The molecular weight excluding hydrogens is 248 g/mol. The summed E-state index contributed by atoms with van der Waals surface area (Å²) >= 11 is 0. The van der Waals surface area contributed by atoms with Crippen LogP contribution >= 0.6 is 0 Å². The van der Waals surface area contributed by atoms with Gasteiger partial charge < -0.3 is 15.0 Å². The van der Waals surface area contributed by atoms with Gasteiger partial charge in [-0.3, -0.25) is 0 Å². The van der Waals surface area contributed by atoms with Crippen LogP contribution in [0, 0.1) is 5.92 Å². The highest BCUT2D eigenvalue weighted by atomic mass is 16.5. The summed E-state index contributed by atoms with van der Waals surface area (Å²) in [6, 6.07) is 11.5. The topological polar surface area (TPSA) is 24.5 Å². The summed E-state index contributed by atoms with van der Waals surface area (Å²) in [4.78, 5) is 2.60. The number of likely N-dealkylation sites (tertiary alicyclic amines) is 1. The summed E-state index contributed by atoms with van der Waals surface area (Å²) in [5, 5.41) is 3.55. The first-order valence-electron chi connectivity index (χ1n) is 7.97. The number of morpholine rings is 1. The average Bonchev–Trinajstić information content (AvgIpc) is 2.51. The summed E-state index contributed by atoms with van der Waals surface area (Å²) in [5.74, 6) is 0.865. The molecule has 3 heteroatoms. The molecule has 1 aromatic carbocycles. The molecule has 2 aliphatic heterocycles. The Labute approximate surface area is 122 Å². The molecule has 20 heavy (non-hydrogen) atoms. The zero-order valence-corrected chi connectivity index (χ0v) is 12.3. The molecule has 1 aromatic rings. The van der Waals surface area contributed by atoms with Crippen LogP contribution in [0.5, 0.6) is 0 Å². The van der Waals surface area contributed by atoms with Crippen molar-refractivity contribution in [3.05, 3.63) is 35.9 Å². The molecule has 2 heterocycles. The largest absolute Gasteiger partial charge is 0.378 e. The average molecular weight is 274 g/mol. The Morgan fingerprint density at radius 2 is 1.95 bits per heavy atom. The number of nitrogens with one attached hydrogen (secondary N) is 1. The Kier molecular flexibility index (Phi) is 5.06. The lowest BCUT2D eigenvalue weighted by Crippen LogP contribution is -2.50. The highest BCUT2D eigenvalue weighted by molar-refractivity contribution is 5.15. The minimum Gasteiger partial charge on any atom is -0.378 e. The lowest BCUT2D eigenvalue weighted by atomic mass is 9.90. The van der Waals surface area contributed by atoms with Crippen molar-refractivity contribution in [2.24, 2.45) is 5.92 Å². The van der Waals surface area contributed by atoms with E-state index in [9.17, 15) is 0 Å². The molecule has 0 bridgehead atoms. The third kappa shape index (κ3) is 4.05. The maximum Gasteiger partial charge on any atom is 0.0632 e. The fourth-order valence-electron chi connectivity index (χ4n) is 3.37. The van der Waals surface area contributed by atoms with Crippen molar-refractivity contribution >= 4 is 0 Å². The Hall–Kier alpha value is -0.900. The Bertz CT molecular complexity index is 381. The van der Waals surface area contributed by atoms with Gasteiger partial charge in [-0.25, -0.2) is 0 Å². The molecular formula is C17H26N2O. The van der Waals surface area contributed by atoms with E-state index in [1.165, 1.54) is 37.9 Å². The van der Waals surface area contributed by atoms with Crippen molar-refractivity contribution in [1.29, 1.82) is 0 Å². The second kappa shape index (κ2) is 7.21. The van der Waals surface area contributed by atoms with E-state index >= 15 is 0 Å². The minimum atomic E-state index is 0.537. The molecule has 2 saturated heterocycles. The predicted octanol–water partition coefficient (Wildman–Crippen LogP) is 1.93. The van der Waals surface area contributed by atoms with Crippen LogP contribution in [0.25, 0.3) is 0 Å². The van der Waals surface area contributed by atoms with Gasteiger partial charge in [-0.05, 0) is 43.8 Å². The molecule has 0 amide bonds. The molecule has 1 atom stereocenters. The molecule has 0 aliphatic carbocycles. The molecule has 2 aliphatic rings. The van der Waals surface area contributed by atoms with Crippen LogP contribution in [-0.4, -0.2) is 50.3 Å². The van der Waals surface area contributed by atoms with Crippen LogP contribution in [0.2, 0.25) is 0 Å². The fourth-order valence-corrected chi connectivity index (χ4v) is 3.37. The summed E-state index contributed by atoms with van der Waals surface area (Å²) in [5.41, 5.74) is 1.49. The minimum absolute atomic E-state index is 0.537. The smallest absolute Gasteiger partial charge is 0.0632 e. The van der Waals surface area contributed by atoms with Crippen molar-refractivity contribution in [3.8, 4) is 0 Å². The van der Waals surface area contributed by atoms with Gasteiger partial charge >= 0.3 is 0 Å². The molecule has 1 unspecified atom stereocenters. The Morgan fingerprint density at radius 3 is 2.65 bits per heavy atom. The number of hydrogen-bond acceptors (Lipinski definition) is 3. The van der Waals surface area contributed by atoms with Gasteiger partial charge in [-0.2, -0.15) is 0 Å². The predicted molar refractivity (Wildman–Crippen MR) is 81.9 cm³/mol. The molecule has 1 N–H and O–H groups in total. The number of nitrogens with zero attached hydrogens (tertiary/aromatic N) is 1. The number of rotatable bonds is 4. The van der Waals surface area contributed by atoms with E-state index in [2.05, 4.69) is 40.5 Å². The van der Waals surface area contributed by atoms with E-state index in [4.69, 9.17) is 4.74 Å².